The summed E-state index contributed by atoms with van der Waals surface area (Å²) >= 11 is 0. The molecule has 2 fully saturated rings. The molecule has 6 rings (SSSR count). The van der Waals surface area contributed by atoms with Gasteiger partial charge in [0.25, 0.3) is 5.91 Å². The van der Waals surface area contributed by atoms with Crippen molar-refractivity contribution in [2.45, 2.75) is 43.9 Å². The highest BCUT2D eigenvalue weighted by Gasteiger charge is 2.56. The minimum Gasteiger partial charge on any atom is -0.508 e. The molecule has 174 valence electrons. The van der Waals surface area contributed by atoms with Crippen molar-refractivity contribution in [2.24, 2.45) is 0 Å². The van der Waals surface area contributed by atoms with Crippen LogP contribution in [0.2, 0.25) is 0 Å². The Bertz CT molecular complexity index is 1200. The van der Waals surface area contributed by atoms with Gasteiger partial charge in [-0.1, -0.05) is 43.3 Å². The molecule has 0 radical (unpaired) electrons. The zero-order valence-corrected chi connectivity index (χ0v) is 19.5. The molecule has 2 heterocycles. The number of benzene rings is 3. The molecule has 5 nitrogen and oxygen atoms in total. The van der Waals surface area contributed by atoms with Crippen molar-refractivity contribution in [2.75, 3.05) is 19.6 Å². The first-order chi connectivity index (χ1) is 16.6. The van der Waals surface area contributed by atoms with Gasteiger partial charge in [0.2, 0.25) is 0 Å². The second kappa shape index (κ2) is 8.17. The van der Waals surface area contributed by atoms with E-state index in [2.05, 4.69) is 28.9 Å². The molecule has 1 amide bonds. The topological polar surface area (TPSA) is 53.0 Å². The summed E-state index contributed by atoms with van der Waals surface area (Å²) in [5.74, 6) is 1.21. The number of nitrogens with zero attached hydrogens (tertiary/aromatic N) is 2. The molecule has 3 aliphatic rings. The second-order valence-electron chi connectivity index (χ2n) is 9.89. The van der Waals surface area contributed by atoms with Gasteiger partial charge in [0.05, 0.1) is 6.04 Å². The van der Waals surface area contributed by atoms with Crippen LogP contribution in [0.3, 0.4) is 0 Å². The van der Waals surface area contributed by atoms with Gasteiger partial charge in [0, 0.05) is 24.2 Å². The van der Waals surface area contributed by atoms with Crippen LogP contribution in [0.4, 0.5) is 0 Å². The van der Waals surface area contributed by atoms with Crippen LogP contribution in [0, 0.1) is 0 Å². The monoisotopic (exact) mass is 454 g/mol. The van der Waals surface area contributed by atoms with Crippen molar-refractivity contribution in [3.63, 3.8) is 0 Å². The third-order valence-electron chi connectivity index (χ3n) is 7.65. The normalized spacial score (nSPS) is 21.1. The van der Waals surface area contributed by atoms with Crippen LogP contribution < -0.4 is 4.74 Å². The lowest BCUT2D eigenvalue weighted by Crippen LogP contribution is -2.53. The van der Waals surface area contributed by atoms with E-state index in [1.807, 2.05) is 54.6 Å². The van der Waals surface area contributed by atoms with Gasteiger partial charge < -0.3 is 14.7 Å². The fourth-order valence-electron chi connectivity index (χ4n) is 5.58. The number of likely N-dealkylation sites (tertiary alicyclic amines) is 1. The van der Waals surface area contributed by atoms with E-state index in [9.17, 15) is 9.90 Å². The molecule has 3 aromatic carbocycles. The van der Waals surface area contributed by atoms with E-state index in [1.165, 1.54) is 0 Å². The first-order valence-electron chi connectivity index (χ1n) is 12.3. The molecule has 0 aromatic heterocycles. The maximum absolute atomic E-state index is 13.9. The van der Waals surface area contributed by atoms with Crippen molar-refractivity contribution in [3.8, 4) is 11.5 Å². The number of phenolic OH excluding ortho intramolecular Hbond substituents is 1. The Morgan fingerprint density at radius 1 is 1.03 bits per heavy atom. The standard InChI is InChI=1S/C29H30N2O3/c1-2-30-18-25(19-30)34-24-11-8-20(9-12-24)27-26-13-10-23(32)16-22(26)17-29(14-15-29)31(27)28(33)21-6-4-3-5-7-21/h3-13,16,25,27,32H,2,14-15,17-19H2,1H3. The molecule has 2 aliphatic heterocycles. The van der Waals surface area contributed by atoms with E-state index in [4.69, 9.17) is 4.74 Å². The van der Waals surface area contributed by atoms with E-state index >= 15 is 0 Å². The smallest absolute Gasteiger partial charge is 0.255 e. The number of fused-ring (bicyclic) bond motifs is 1. The van der Waals surface area contributed by atoms with Crippen LogP contribution >= 0.6 is 0 Å². The third-order valence-corrected chi connectivity index (χ3v) is 7.65. The highest BCUT2D eigenvalue weighted by Crippen LogP contribution is 2.55. The van der Waals surface area contributed by atoms with Crippen LogP contribution in [-0.4, -0.2) is 52.1 Å². The van der Waals surface area contributed by atoms with Crippen molar-refractivity contribution in [1.82, 2.24) is 9.80 Å². The minimum absolute atomic E-state index is 0.0660. The Balaban J connectivity index is 1.37. The van der Waals surface area contributed by atoms with E-state index in [-0.39, 0.29) is 29.3 Å². The highest BCUT2D eigenvalue weighted by molar-refractivity contribution is 5.96. The lowest BCUT2D eigenvalue weighted by atomic mass is 9.82. The molecule has 5 heteroatoms. The van der Waals surface area contributed by atoms with Gasteiger partial charge in [0.15, 0.2) is 0 Å². The zero-order valence-electron chi connectivity index (χ0n) is 19.5. The quantitative estimate of drug-likeness (QED) is 0.602. The van der Waals surface area contributed by atoms with Gasteiger partial charge in [-0.05, 0) is 78.9 Å². The van der Waals surface area contributed by atoms with E-state index in [0.717, 1.165) is 61.3 Å². The van der Waals surface area contributed by atoms with Crippen LogP contribution in [0.5, 0.6) is 11.5 Å². The summed E-state index contributed by atoms with van der Waals surface area (Å²) in [7, 11) is 0. The summed E-state index contributed by atoms with van der Waals surface area (Å²) in [6.07, 6.45) is 2.99. The first-order valence-corrected chi connectivity index (χ1v) is 12.3. The predicted molar refractivity (Wildman–Crippen MR) is 131 cm³/mol. The number of hydrogen-bond donors (Lipinski definition) is 1. The number of aromatic hydroxyl groups is 1. The number of phenols is 1. The number of ether oxygens (including phenoxy) is 1. The van der Waals surface area contributed by atoms with Crippen molar-refractivity contribution in [3.05, 3.63) is 95.1 Å². The van der Waals surface area contributed by atoms with Crippen LogP contribution in [0.1, 0.15) is 52.9 Å². The minimum atomic E-state index is -0.201. The Hall–Kier alpha value is -3.31. The summed E-state index contributed by atoms with van der Waals surface area (Å²) in [5.41, 5.74) is 3.81. The first kappa shape index (κ1) is 21.2. The van der Waals surface area contributed by atoms with Crippen LogP contribution in [0.15, 0.2) is 72.8 Å². The number of carbonyl (C=O) groups is 1. The summed E-state index contributed by atoms with van der Waals surface area (Å²) in [6, 6.07) is 23.2. The van der Waals surface area contributed by atoms with Gasteiger partial charge in [-0.15, -0.1) is 0 Å². The van der Waals surface area contributed by atoms with Crippen molar-refractivity contribution in [1.29, 1.82) is 0 Å². The summed E-state index contributed by atoms with van der Waals surface area (Å²) in [4.78, 5) is 18.4. The number of carbonyl (C=O) groups excluding carboxylic acids is 1. The average molecular weight is 455 g/mol. The predicted octanol–water partition coefficient (Wildman–Crippen LogP) is 4.80. The van der Waals surface area contributed by atoms with Crippen LogP contribution in [0.25, 0.3) is 0 Å². The Labute approximate surface area is 200 Å². The van der Waals surface area contributed by atoms with Gasteiger partial charge in [-0.3, -0.25) is 9.69 Å². The molecule has 1 saturated carbocycles. The third kappa shape index (κ3) is 3.64. The molecule has 1 aliphatic carbocycles. The van der Waals surface area contributed by atoms with E-state index in [0.29, 0.717) is 5.56 Å². The lowest BCUT2D eigenvalue weighted by Gasteiger charge is -2.44. The fraction of sp³-hybridized carbons (Fsp3) is 0.345. The lowest BCUT2D eigenvalue weighted by molar-refractivity contribution is 0.0238. The maximum Gasteiger partial charge on any atom is 0.255 e. The highest BCUT2D eigenvalue weighted by atomic mass is 16.5. The van der Waals surface area contributed by atoms with Crippen molar-refractivity contribution >= 4 is 5.91 Å². The van der Waals surface area contributed by atoms with Crippen molar-refractivity contribution < 1.29 is 14.6 Å². The van der Waals surface area contributed by atoms with Gasteiger partial charge in [0.1, 0.15) is 17.6 Å². The summed E-state index contributed by atoms with van der Waals surface area (Å²) in [5, 5.41) is 10.2. The molecule has 3 aromatic rings. The van der Waals surface area contributed by atoms with Crippen LogP contribution in [-0.2, 0) is 6.42 Å². The van der Waals surface area contributed by atoms with E-state index in [1.54, 1.807) is 6.07 Å². The number of rotatable bonds is 5. The molecule has 1 saturated heterocycles. The molecular formula is C29H30N2O3. The summed E-state index contributed by atoms with van der Waals surface area (Å²) < 4.78 is 6.15. The Morgan fingerprint density at radius 3 is 2.44 bits per heavy atom. The molecule has 34 heavy (non-hydrogen) atoms. The van der Waals surface area contributed by atoms with E-state index < -0.39 is 0 Å². The maximum atomic E-state index is 13.9. The van der Waals surface area contributed by atoms with Gasteiger partial charge >= 0.3 is 0 Å². The number of hydrogen-bond acceptors (Lipinski definition) is 4. The SMILES string of the molecule is CCN1CC(Oc2ccc(C3c4ccc(O)cc4CC4(CC4)N3C(=O)c3ccccc3)cc2)C1. The number of likely N-dealkylation sites (N-methyl/N-ethyl adjacent to an activating group) is 1. The largest absolute Gasteiger partial charge is 0.508 e. The average Bonchev–Trinajstić information content (AvgIpc) is 3.60. The summed E-state index contributed by atoms with van der Waals surface area (Å²) in [6.45, 7) is 5.17. The molecular weight excluding hydrogens is 424 g/mol. The molecule has 1 atom stereocenters. The fourth-order valence-corrected chi connectivity index (χ4v) is 5.58. The molecule has 1 spiro atoms. The molecule has 0 bridgehead atoms. The molecule has 1 unspecified atom stereocenters. The van der Waals surface area contributed by atoms with Gasteiger partial charge in [-0.25, -0.2) is 0 Å². The number of amides is 1. The van der Waals surface area contributed by atoms with Gasteiger partial charge in [-0.2, -0.15) is 0 Å². The Morgan fingerprint density at radius 2 is 1.76 bits per heavy atom. The Kier molecular flexibility index (Phi) is 5.10. The second-order valence-corrected chi connectivity index (χ2v) is 9.89. The molecule has 1 N–H and O–H groups in total. The zero-order chi connectivity index (χ0) is 23.3.